The number of hydrogen-bond acceptors (Lipinski definition) is 2. The molecule has 2 nitrogen and oxygen atoms in total. The van der Waals surface area contributed by atoms with Crippen LogP contribution in [0.4, 0.5) is 17.1 Å². The van der Waals surface area contributed by atoms with Gasteiger partial charge in [0.1, 0.15) is 0 Å². The van der Waals surface area contributed by atoms with Gasteiger partial charge in [-0.3, -0.25) is 0 Å². The fourth-order valence-electron chi connectivity index (χ4n) is 9.69. The predicted molar refractivity (Wildman–Crippen MR) is 249 cm³/mol. The van der Waals surface area contributed by atoms with E-state index in [1.54, 1.807) is 0 Å². The molecule has 1 aliphatic rings. The molecule has 1 aliphatic carbocycles. The lowest BCUT2D eigenvalue weighted by molar-refractivity contribution is 0.660. The molecule has 0 amide bonds. The number of para-hydroxylation sites is 2. The molecule has 3 heteroatoms. The number of anilines is 3. The van der Waals surface area contributed by atoms with Crippen LogP contribution >= 0.6 is 11.3 Å². The standard InChI is InChI=1S/C55H38N2S/c1-55(2)49-17-9-6-14-43(49)44-27-25-42(34-50(44)55)56(41-26-29-54-48(33-41)46-16-8-11-19-53(46)58-54)40-24-22-36-30-35(20-21-37(36)31-40)38-23-28-52-47(32-38)45-15-7-10-18-51(45)57(52)39-12-4-3-5-13-39/h3-34H,1-2H3. The van der Waals surface area contributed by atoms with E-state index in [1.165, 1.54) is 91.8 Å². The molecular weight excluding hydrogens is 721 g/mol. The third-order valence-electron chi connectivity index (χ3n) is 12.5. The quantitative estimate of drug-likeness (QED) is 0.170. The van der Waals surface area contributed by atoms with Crippen LogP contribution in [0.2, 0.25) is 0 Å². The second kappa shape index (κ2) is 12.5. The summed E-state index contributed by atoms with van der Waals surface area (Å²) in [5.41, 5.74) is 14.8. The minimum Gasteiger partial charge on any atom is -0.310 e. The lowest BCUT2D eigenvalue weighted by Crippen LogP contribution is -2.16. The van der Waals surface area contributed by atoms with Crippen LogP contribution in [0, 0.1) is 0 Å². The van der Waals surface area contributed by atoms with Gasteiger partial charge in [-0.1, -0.05) is 123 Å². The molecule has 2 aromatic heterocycles. The first-order valence-corrected chi connectivity index (χ1v) is 20.9. The number of fused-ring (bicyclic) bond motifs is 10. The van der Waals surface area contributed by atoms with Crippen LogP contribution in [-0.2, 0) is 5.41 Å². The van der Waals surface area contributed by atoms with Crippen LogP contribution in [0.5, 0.6) is 0 Å². The van der Waals surface area contributed by atoms with Crippen molar-refractivity contribution < 1.29 is 0 Å². The van der Waals surface area contributed by atoms with Crippen molar-refractivity contribution in [1.82, 2.24) is 4.57 Å². The van der Waals surface area contributed by atoms with Crippen LogP contribution in [0.25, 0.3) is 80.7 Å². The van der Waals surface area contributed by atoms with Crippen LogP contribution in [0.1, 0.15) is 25.0 Å². The van der Waals surface area contributed by atoms with Gasteiger partial charge < -0.3 is 9.47 Å². The summed E-state index contributed by atoms with van der Waals surface area (Å²) in [4.78, 5) is 2.45. The maximum atomic E-state index is 2.45. The Morgan fingerprint density at radius 1 is 0.414 bits per heavy atom. The molecule has 2 heterocycles. The van der Waals surface area contributed by atoms with Gasteiger partial charge >= 0.3 is 0 Å². The second-order valence-electron chi connectivity index (χ2n) is 16.2. The van der Waals surface area contributed by atoms with E-state index in [4.69, 9.17) is 0 Å². The molecule has 58 heavy (non-hydrogen) atoms. The molecule has 11 aromatic rings. The number of nitrogens with zero attached hydrogens (tertiary/aromatic N) is 2. The predicted octanol–water partition coefficient (Wildman–Crippen LogP) is 15.7. The molecule has 0 radical (unpaired) electrons. The van der Waals surface area contributed by atoms with Crippen LogP contribution < -0.4 is 4.90 Å². The number of rotatable bonds is 5. The maximum absolute atomic E-state index is 2.45. The summed E-state index contributed by atoms with van der Waals surface area (Å²) >= 11 is 1.87. The highest BCUT2D eigenvalue weighted by Gasteiger charge is 2.35. The van der Waals surface area contributed by atoms with Gasteiger partial charge in [-0.25, -0.2) is 0 Å². The molecule has 12 rings (SSSR count). The van der Waals surface area contributed by atoms with Crippen molar-refractivity contribution in [2.24, 2.45) is 0 Å². The molecule has 0 aliphatic heterocycles. The van der Waals surface area contributed by atoms with E-state index in [0.717, 1.165) is 17.1 Å². The molecule has 274 valence electrons. The first-order chi connectivity index (χ1) is 28.5. The van der Waals surface area contributed by atoms with Gasteiger partial charge in [-0.15, -0.1) is 11.3 Å². The third kappa shape index (κ3) is 4.97. The van der Waals surface area contributed by atoms with Crippen molar-refractivity contribution in [3.63, 3.8) is 0 Å². The van der Waals surface area contributed by atoms with Crippen molar-refractivity contribution in [2.45, 2.75) is 19.3 Å². The lowest BCUT2D eigenvalue weighted by atomic mass is 9.82. The molecule has 9 aromatic carbocycles. The summed E-state index contributed by atoms with van der Waals surface area (Å²) in [6.45, 7) is 4.73. The molecule has 0 bridgehead atoms. The SMILES string of the molecule is CC1(C)c2ccccc2-c2ccc(N(c3ccc4cc(-c5ccc6c(c5)c5ccccc5n6-c5ccccc5)ccc4c3)c3ccc4sc5ccccc5c4c3)cc21. The second-order valence-corrected chi connectivity index (χ2v) is 17.3. The van der Waals surface area contributed by atoms with Crippen molar-refractivity contribution in [1.29, 1.82) is 0 Å². The monoisotopic (exact) mass is 758 g/mol. The zero-order valence-corrected chi connectivity index (χ0v) is 33.1. The van der Waals surface area contributed by atoms with E-state index >= 15 is 0 Å². The smallest absolute Gasteiger partial charge is 0.0541 e. The highest BCUT2D eigenvalue weighted by molar-refractivity contribution is 7.25. The molecule has 0 saturated carbocycles. The Balaban J connectivity index is 0.987. The van der Waals surface area contributed by atoms with E-state index in [0.29, 0.717) is 0 Å². The van der Waals surface area contributed by atoms with Crippen molar-refractivity contribution in [2.75, 3.05) is 4.90 Å². The number of hydrogen-bond donors (Lipinski definition) is 0. The van der Waals surface area contributed by atoms with Crippen molar-refractivity contribution in [3.05, 3.63) is 205 Å². The Hall–Kier alpha value is -6.94. The average Bonchev–Trinajstić information content (AvgIpc) is 3.89. The Kier molecular flexibility index (Phi) is 7.18. The van der Waals surface area contributed by atoms with Gasteiger partial charge in [0.15, 0.2) is 0 Å². The minimum absolute atomic E-state index is 0.0968. The summed E-state index contributed by atoms with van der Waals surface area (Å²) in [7, 11) is 0. The highest BCUT2D eigenvalue weighted by Crippen LogP contribution is 2.51. The van der Waals surface area contributed by atoms with Gasteiger partial charge in [-0.05, 0) is 129 Å². The van der Waals surface area contributed by atoms with Crippen LogP contribution in [0.3, 0.4) is 0 Å². The van der Waals surface area contributed by atoms with E-state index in [9.17, 15) is 0 Å². The van der Waals surface area contributed by atoms with Crippen LogP contribution in [-0.4, -0.2) is 4.57 Å². The van der Waals surface area contributed by atoms with Gasteiger partial charge in [0.25, 0.3) is 0 Å². The van der Waals surface area contributed by atoms with E-state index in [-0.39, 0.29) is 5.41 Å². The highest BCUT2D eigenvalue weighted by atomic mass is 32.1. The molecule has 0 saturated heterocycles. The molecule has 0 atom stereocenters. The van der Waals surface area contributed by atoms with Crippen molar-refractivity contribution in [3.8, 4) is 27.9 Å². The third-order valence-corrected chi connectivity index (χ3v) is 13.7. The molecule has 0 fully saturated rings. The minimum atomic E-state index is -0.0968. The summed E-state index contributed by atoms with van der Waals surface area (Å²) in [5.74, 6) is 0. The zero-order valence-electron chi connectivity index (χ0n) is 32.3. The number of aromatic nitrogens is 1. The van der Waals surface area contributed by atoms with Gasteiger partial charge in [0, 0.05) is 59.1 Å². The molecule has 0 spiro atoms. The fraction of sp³-hybridized carbons (Fsp3) is 0.0545. The zero-order chi connectivity index (χ0) is 38.5. The lowest BCUT2D eigenvalue weighted by Gasteiger charge is -2.28. The first-order valence-electron chi connectivity index (χ1n) is 20.1. The average molecular weight is 759 g/mol. The molecular formula is C55H38N2S. The van der Waals surface area contributed by atoms with Crippen LogP contribution in [0.15, 0.2) is 194 Å². The Bertz CT molecular complexity index is 3440. The Morgan fingerprint density at radius 3 is 1.95 bits per heavy atom. The summed E-state index contributed by atoms with van der Waals surface area (Å²) < 4.78 is 5.01. The normalized spacial score (nSPS) is 13.1. The Morgan fingerprint density at radius 2 is 1.03 bits per heavy atom. The summed E-state index contributed by atoms with van der Waals surface area (Å²) in [5, 5.41) is 7.57. The fourth-order valence-corrected chi connectivity index (χ4v) is 10.8. The van der Waals surface area contributed by atoms with E-state index < -0.39 is 0 Å². The molecule has 0 N–H and O–H groups in total. The van der Waals surface area contributed by atoms with Gasteiger partial charge in [0.2, 0.25) is 0 Å². The first kappa shape index (κ1) is 33.2. The summed E-state index contributed by atoms with van der Waals surface area (Å²) in [6, 6.07) is 72.0. The van der Waals surface area contributed by atoms with E-state index in [1.807, 2.05) is 11.3 Å². The van der Waals surface area contributed by atoms with Gasteiger partial charge in [0.05, 0.1) is 11.0 Å². The Labute approximate surface area is 341 Å². The summed E-state index contributed by atoms with van der Waals surface area (Å²) in [6.07, 6.45) is 0. The van der Waals surface area contributed by atoms with E-state index in [2.05, 4.69) is 217 Å². The largest absolute Gasteiger partial charge is 0.310 e. The molecule has 0 unspecified atom stereocenters. The number of benzene rings is 9. The maximum Gasteiger partial charge on any atom is 0.0541 e. The van der Waals surface area contributed by atoms with Crippen molar-refractivity contribution >= 4 is 81.1 Å². The number of thiophene rings is 1. The van der Waals surface area contributed by atoms with Gasteiger partial charge in [-0.2, -0.15) is 0 Å². The topological polar surface area (TPSA) is 8.17 Å².